The smallest absolute Gasteiger partial charge is 0.338 e. The van der Waals surface area contributed by atoms with Crippen molar-refractivity contribution in [3.63, 3.8) is 0 Å². The van der Waals surface area contributed by atoms with E-state index in [-0.39, 0.29) is 29.5 Å². The van der Waals surface area contributed by atoms with Gasteiger partial charge in [-0.1, -0.05) is 48.5 Å². The number of hydrogen-bond acceptors (Lipinski definition) is 5. The lowest BCUT2D eigenvalue weighted by Crippen LogP contribution is -2.29. The lowest BCUT2D eigenvalue weighted by atomic mass is 10.0. The number of carbonyl (C=O) groups is 2. The van der Waals surface area contributed by atoms with E-state index in [1.54, 1.807) is 6.08 Å². The number of phenols is 1. The maximum atomic E-state index is 13.1. The average molecular weight is 430 g/mol. The quantitative estimate of drug-likeness (QED) is 0.437. The van der Waals surface area contributed by atoms with Crippen molar-refractivity contribution in [3.8, 4) is 5.75 Å². The highest BCUT2D eigenvalue weighted by molar-refractivity contribution is 8.18. The van der Waals surface area contributed by atoms with Crippen molar-refractivity contribution in [2.24, 2.45) is 4.99 Å². The van der Waals surface area contributed by atoms with E-state index in [1.807, 2.05) is 48.5 Å². The van der Waals surface area contributed by atoms with Crippen LogP contribution < -0.4 is 0 Å². The third-order valence-electron chi connectivity index (χ3n) is 4.74. The Labute approximate surface area is 182 Å². The molecule has 1 fully saturated rings. The van der Waals surface area contributed by atoms with Gasteiger partial charge in [-0.15, -0.1) is 6.58 Å². The zero-order chi connectivity index (χ0) is 22.0. The van der Waals surface area contributed by atoms with Crippen molar-refractivity contribution < 1.29 is 19.8 Å². The van der Waals surface area contributed by atoms with Crippen LogP contribution in [-0.2, 0) is 4.79 Å². The van der Waals surface area contributed by atoms with Crippen LogP contribution >= 0.6 is 11.8 Å². The van der Waals surface area contributed by atoms with Crippen LogP contribution in [-0.4, -0.2) is 38.7 Å². The fourth-order valence-corrected chi connectivity index (χ4v) is 4.29. The first-order valence-electron chi connectivity index (χ1n) is 9.43. The summed E-state index contributed by atoms with van der Waals surface area (Å²) in [5, 5.41) is 21.5. The van der Waals surface area contributed by atoms with Gasteiger partial charge in [0.15, 0.2) is 5.17 Å². The second-order valence-electron chi connectivity index (χ2n) is 6.78. The Hall–Kier alpha value is -3.84. The average Bonchev–Trinajstić information content (AvgIpc) is 3.04. The fraction of sp³-hybridized carbons (Fsp3) is 0.0417. The summed E-state index contributed by atoms with van der Waals surface area (Å²) in [4.78, 5) is 31.0. The molecule has 6 nitrogen and oxygen atoms in total. The van der Waals surface area contributed by atoms with Crippen LogP contribution in [0.5, 0.6) is 5.75 Å². The normalized spacial score (nSPS) is 16.4. The number of hydrogen-bond donors (Lipinski definition) is 2. The predicted octanol–water partition coefficient (Wildman–Crippen LogP) is 5.03. The molecule has 154 valence electrons. The minimum atomic E-state index is -1.22. The zero-order valence-electron chi connectivity index (χ0n) is 16.4. The number of aromatic hydroxyl groups is 1. The molecular weight excluding hydrogens is 412 g/mol. The first-order valence-corrected chi connectivity index (χ1v) is 10.2. The molecule has 31 heavy (non-hydrogen) atoms. The summed E-state index contributed by atoms with van der Waals surface area (Å²) in [6.07, 6.45) is 3.41. The minimum Gasteiger partial charge on any atom is -0.508 e. The molecule has 3 aromatic rings. The highest BCUT2D eigenvalue weighted by Crippen LogP contribution is 2.36. The second-order valence-corrected chi connectivity index (χ2v) is 7.79. The Morgan fingerprint density at radius 3 is 2.68 bits per heavy atom. The molecule has 0 radical (unpaired) electrons. The largest absolute Gasteiger partial charge is 0.508 e. The maximum absolute atomic E-state index is 13.1. The van der Waals surface area contributed by atoms with Crippen molar-refractivity contribution in [2.45, 2.75) is 0 Å². The molecule has 2 N–H and O–H groups in total. The van der Waals surface area contributed by atoms with Gasteiger partial charge in [0, 0.05) is 6.54 Å². The number of aromatic carboxylic acids is 1. The van der Waals surface area contributed by atoms with E-state index in [9.17, 15) is 19.8 Å². The number of benzene rings is 3. The molecule has 0 saturated carbocycles. The molecule has 1 aliphatic rings. The van der Waals surface area contributed by atoms with Crippen LogP contribution in [0, 0.1) is 0 Å². The molecule has 0 aromatic heterocycles. The molecule has 1 amide bonds. The molecule has 1 aliphatic heterocycles. The lowest BCUT2D eigenvalue weighted by molar-refractivity contribution is -0.121. The summed E-state index contributed by atoms with van der Waals surface area (Å²) in [7, 11) is 0. The number of carboxylic acids is 1. The number of thioether (sulfide) groups is 1. The van der Waals surface area contributed by atoms with Crippen LogP contribution in [0.3, 0.4) is 0 Å². The molecule has 4 rings (SSSR count). The second kappa shape index (κ2) is 8.49. The molecule has 0 spiro atoms. The van der Waals surface area contributed by atoms with E-state index < -0.39 is 5.97 Å². The third-order valence-corrected chi connectivity index (χ3v) is 5.74. The summed E-state index contributed by atoms with van der Waals surface area (Å²) in [5.74, 6) is -1.62. The Kier molecular flexibility index (Phi) is 5.60. The van der Waals surface area contributed by atoms with E-state index in [0.717, 1.165) is 22.4 Å². The SMILES string of the molecule is C=CCN1C(=O)/C(=C/c2cccc3ccccc23)SC1=Nc1ccc(O)cc1C(=O)O. The third kappa shape index (κ3) is 4.08. The monoisotopic (exact) mass is 430 g/mol. The molecule has 0 atom stereocenters. The van der Waals surface area contributed by atoms with Crippen molar-refractivity contribution in [3.05, 3.63) is 89.4 Å². The number of phenolic OH excluding ortho intramolecular Hbond substituents is 1. The molecule has 0 unspecified atom stereocenters. The van der Waals surface area contributed by atoms with E-state index in [4.69, 9.17) is 0 Å². The van der Waals surface area contributed by atoms with Crippen LogP contribution in [0.4, 0.5) is 5.69 Å². The number of fused-ring (bicyclic) bond motifs is 1. The van der Waals surface area contributed by atoms with Gasteiger partial charge in [0.1, 0.15) is 5.75 Å². The Bertz CT molecular complexity index is 1270. The predicted molar refractivity (Wildman–Crippen MR) is 124 cm³/mol. The molecular formula is C24H18N2O4S. The topological polar surface area (TPSA) is 90.2 Å². The number of rotatable bonds is 5. The van der Waals surface area contributed by atoms with Crippen LogP contribution in [0.2, 0.25) is 0 Å². The summed E-state index contributed by atoms with van der Waals surface area (Å²) < 4.78 is 0. The number of carbonyl (C=O) groups excluding carboxylic acids is 1. The zero-order valence-corrected chi connectivity index (χ0v) is 17.2. The van der Waals surface area contributed by atoms with Gasteiger partial charge in [-0.05, 0) is 52.4 Å². The van der Waals surface area contributed by atoms with E-state index in [0.29, 0.717) is 10.1 Å². The number of nitrogens with zero attached hydrogens (tertiary/aromatic N) is 2. The number of amides is 1. The summed E-state index contributed by atoms with van der Waals surface area (Å²) in [6, 6.07) is 17.7. The maximum Gasteiger partial charge on any atom is 0.338 e. The Morgan fingerprint density at radius 2 is 1.90 bits per heavy atom. The molecule has 1 heterocycles. The van der Waals surface area contributed by atoms with Gasteiger partial charge in [0.05, 0.1) is 16.2 Å². The summed E-state index contributed by atoms with van der Waals surface area (Å²) in [6.45, 7) is 3.94. The number of amidine groups is 1. The van der Waals surface area contributed by atoms with E-state index >= 15 is 0 Å². The first kappa shape index (κ1) is 20.4. The molecule has 3 aromatic carbocycles. The van der Waals surface area contributed by atoms with E-state index in [1.165, 1.54) is 28.8 Å². The van der Waals surface area contributed by atoms with Gasteiger partial charge < -0.3 is 10.2 Å². The van der Waals surface area contributed by atoms with Gasteiger partial charge in [-0.3, -0.25) is 9.69 Å². The molecule has 0 bridgehead atoms. The van der Waals surface area contributed by atoms with Crippen LogP contribution in [0.1, 0.15) is 15.9 Å². The van der Waals surface area contributed by atoms with Gasteiger partial charge in [-0.2, -0.15) is 0 Å². The lowest BCUT2D eigenvalue weighted by Gasteiger charge is -2.13. The fourth-order valence-electron chi connectivity index (χ4n) is 3.29. The summed E-state index contributed by atoms with van der Waals surface area (Å²) in [5.41, 5.74) is 0.913. The number of aliphatic imine (C=N–C) groups is 1. The highest BCUT2D eigenvalue weighted by Gasteiger charge is 2.33. The standard InChI is InChI=1S/C24H18N2O4S/c1-2-12-26-22(28)21(13-16-8-5-7-15-6-3-4-9-18(15)16)31-24(26)25-20-11-10-17(27)14-19(20)23(29)30/h2-11,13-14,27H,1,12H2,(H,29,30)/b21-13-,25-24?. The van der Waals surface area contributed by atoms with Crippen molar-refractivity contribution in [2.75, 3.05) is 6.54 Å². The highest BCUT2D eigenvalue weighted by atomic mass is 32.2. The number of carboxylic acid groups (broad SMARTS) is 1. The van der Waals surface area contributed by atoms with Gasteiger partial charge >= 0.3 is 5.97 Å². The molecule has 0 aliphatic carbocycles. The minimum absolute atomic E-state index is 0.148. The van der Waals surface area contributed by atoms with Crippen molar-refractivity contribution >= 4 is 51.3 Å². The van der Waals surface area contributed by atoms with Gasteiger partial charge in [-0.25, -0.2) is 9.79 Å². The first-order chi connectivity index (χ1) is 15.0. The van der Waals surface area contributed by atoms with Crippen molar-refractivity contribution in [1.29, 1.82) is 0 Å². The van der Waals surface area contributed by atoms with E-state index in [2.05, 4.69) is 11.6 Å². The Morgan fingerprint density at radius 1 is 1.13 bits per heavy atom. The molecule has 7 heteroatoms. The van der Waals surface area contributed by atoms with Gasteiger partial charge in [0.2, 0.25) is 0 Å². The van der Waals surface area contributed by atoms with Crippen LogP contribution in [0.15, 0.2) is 83.2 Å². The van der Waals surface area contributed by atoms with Crippen molar-refractivity contribution in [1.82, 2.24) is 4.90 Å². The van der Waals surface area contributed by atoms with Crippen LogP contribution in [0.25, 0.3) is 16.8 Å². The molecule has 1 saturated heterocycles. The van der Waals surface area contributed by atoms with Gasteiger partial charge in [0.25, 0.3) is 5.91 Å². The summed E-state index contributed by atoms with van der Waals surface area (Å²) >= 11 is 1.17. The Balaban J connectivity index is 1.78.